The predicted molar refractivity (Wildman–Crippen MR) is 91.4 cm³/mol. The lowest BCUT2D eigenvalue weighted by atomic mass is 10.3. The Balaban J connectivity index is 1.90. The molecule has 1 unspecified atom stereocenters. The summed E-state index contributed by atoms with van der Waals surface area (Å²) >= 11 is 6.32. The van der Waals surface area contributed by atoms with Gasteiger partial charge >= 0.3 is 0 Å². The van der Waals surface area contributed by atoms with E-state index in [1.165, 1.54) is 11.3 Å². The monoisotopic (exact) mass is 348 g/mol. The molecule has 0 bridgehead atoms. The standard InChI is InChI=1S/C11H16N4OS4/c1-3-7(19-10-12-5-6-18-10)8(16)13-9-14-15-11(20-9)17-4-2/h7H,3-6H2,1-2H3,(H,13,14,16). The van der Waals surface area contributed by atoms with Crippen LogP contribution in [0.2, 0.25) is 0 Å². The Bertz CT molecular complexity index is 491. The maximum Gasteiger partial charge on any atom is 0.239 e. The molecule has 0 fully saturated rings. The second-order valence-electron chi connectivity index (χ2n) is 3.81. The molecule has 1 amide bonds. The Kier molecular flexibility index (Phi) is 6.66. The van der Waals surface area contributed by atoms with Crippen LogP contribution >= 0.6 is 46.6 Å². The minimum atomic E-state index is -0.120. The van der Waals surface area contributed by atoms with Gasteiger partial charge in [-0.05, 0) is 12.2 Å². The number of nitrogens with zero attached hydrogens (tertiary/aromatic N) is 3. The highest BCUT2D eigenvalue weighted by Gasteiger charge is 2.22. The van der Waals surface area contributed by atoms with Gasteiger partial charge in [0.2, 0.25) is 11.0 Å². The van der Waals surface area contributed by atoms with Gasteiger partial charge in [-0.2, -0.15) is 0 Å². The van der Waals surface area contributed by atoms with Crippen LogP contribution in [0.3, 0.4) is 0 Å². The van der Waals surface area contributed by atoms with Crippen molar-refractivity contribution in [2.75, 3.05) is 23.4 Å². The van der Waals surface area contributed by atoms with Crippen molar-refractivity contribution in [1.82, 2.24) is 10.2 Å². The van der Waals surface area contributed by atoms with Crippen molar-refractivity contribution in [2.45, 2.75) is 29.9 Å². The summed E-state index contributed by atoms with van der Waals surface area (Å²) in [6.07, 6.45) is 0.769. The van der Waals surface area contributed by atoms with E-state index in [2.05, 4.69) is 27.4 Å². The molecule has 110 valence electrons. The van der Waals surface area contributed by atoms with Crippen molar-refractivity contribution in [3.05, 3.63) is 0 Å². The summed E-state index contributed by atoms with van der Waals surface area (Å²) in [7, 11) is 0. The minimum Gasteiger partial charge on any atom is -0.300 e. The number of thioether (sulfide) groups is 3. The third-order valence-corrected chi connectivity index (χ3v) is 6.79. The predicted octanol–water partition coefficient (Wildman–Crippen LogP) is 3.20. The van der Waals surface area contributed by atoms with Crippen molar-refractivity contribution in [3.8, 4) is 0 Å². The first-order valence-electron chi connectivity index (χ1n) is 6.34. The molecule has 1 aliphatic rings. The highest BCUT2D eigenvalue weighted by atomic mass is 32.2. The van der Waals surface area contributed by atoms with Crippen molar-refractivity contribution < 1.29 is 4.79 Å². The number of hydrogen-bond donors (Lipinski definition) is 1. The second kappa shape index (κ2) is 8.26. The van der Waals surface area contributed by atoms with E-state index in [0.29, 0.717) is 5.13 Å². The van der Waals surface area contributed by atoms with Crippen LogP contribution in [0.15, 0.2) is 9.33 Å². The number of hydrogen-bond acceptors (Lipinski definition) is 8. The molecule has 0 saturated heterocycles. The quantitative estimate of drug-likeness (QED) is 0.629. The molecule has 1 N–H and O–H groups in total. The fourth-order valence-corrected chi connectivity index (χ4v) is 5.26. The first-order valence-corrected chi connectivity index (χ1v) is 10.0. The highest BCUT2D eigenvalue weighted by Crippen LogP contribution is 2.29. The van der Waals surface area contributed by atoms with E-state index in [1.54, 1.807) is 35.3 Å². The number of nitrogens with one attached hydrogen (secondary N) is 1. The smallest absolute Gasteiger partial charge is 0.239 e. The molecule has 20 heavy (non-hydrogen) atoms. The summed E-state index contributed by atoms with van der Waals surface area (Å²) in [6, 6.07) is 0. The molecule has 1 aromatic rings. The molecular formula is C11H16N4OS4. The third kappa shape index (κ3) is 4.64. The number of aliphatic imine (C=N–C) groups is 1. The molecule has 2 heterocycles. The summed E-state index contributed by atoms with van der Waals surface area (Å²) in [6.45, 7) is 4.93. The van der Waals surface area contributed by atoms with Crippen LogP contribution < -0.4 is 5.32 Å². The second-order valence-corrected chi connectivity index (χ2v) is 8.83. The zero-order valence-corrected chi connectivity index (χ0v) is 14.6. The van der Waals surface area contributed by atoms with Crippen molar-refractivity contribution in [1.29, 1.82) is 0 Å². The average molecular weight is 349 g/mol. The Morgan fingerprint density at radius 1 is 1.45 bits per heavy atom. The third-order valence-electron chi connectivity index (χ3n) is 2.37. The van der Waals surface area contributed by atoms with Gasteiger partial charge in [0.05, 0.1) is 11.8 Å². The van der Waals surface area contributed by atoms with Gasteiger partial charge in [-0.25, -0.2) is 0 Å². The number of aromatic nitrogens is 2. The molecule has 9 heteroatoms. The molecule has 1 atom stereocenters. The van der Waals surface area contributed by atoms with Crippen LogP contribution in [-0.4, -0.2) is 43.8 Å². The minimum absolute atomic E-state index is 0.0168. The highest BCUT2D eigenvalue weighted by molar-refractivity contribution is 8.39. The van der Waals surface area contributed by atoms with E-state index < -0.39 is 0 Å². The van der Waals surface area contributed by atoms with Crippen molar-refractivity contribution in [2.24, 2.45) is 4.99 Å². The van der Waals surface area contributed by atoms with Crippen LogP contribution in [-0.2, 0) is 4.79 Å². The van der Waals surface area contributed by atoms with Gasteiger partial charge in [0.25, 0.3) is 0 Å². The topological polar surface area (TPSA) is 67.2 Å². The van der Waals surface area contributed by atoms with Crippen LogP contribution in [0.5, 0.6) is 0 Å². The molecule has 1 aromatic heterocycles. The number of rotatable bonds is 6. The van der Waals surface area contributed by atoms with Gasteiger partial charge in [-0.1, -0.05) is 60.5 Å². The number of carbonyl (C=O) groups is 1. The van der Waals surface area contributed by atoms with Crippen LogP contribution in [0.4, 0.5) is 5.13 Å². The Hall–Kier alpha value is -0.250. The fourth-order valence-electron chi connectivity index (χ4n) is 1.46. The van der Waals surface area contributed by atoms with E-state index in [9.17, 15) is 4.79 Å². The first kappa shape index (κ1) is 16.1. The molecule has 5 nitrogen and oxygen atoms in total. The molecule has 0 radical (unpaired) electrons. The lowest BCUT2D eigenvalue weighted by Gasteiger charge is -2.12. The molecule has 0 aromatic carbocycles. The fraction of sp³-hybridized carbons (Fsp3) is 0.636. The molecule has 2 rings (SSSR count). The molecule has 0 saturated carbocycles. The Morgan fingerprint density at radius 3 is 2.95 bits per heavy atom. The maximum atomic E-state index is 12.2. The van der Waals surface area contributed by atoms with Crippen LogP contribution in [0.25, 0.3) is 0 Å². The van der Waals surface area contributed by atoms with E-state index in [-0.39, 0.29) is 11.2 Å². The van der Waals surface area contributed by atoms with E-state index in [0.717, 1.165) is 33.2 Å². The lowest BCUT2D eigenvalue weighted by Crippen LogP contribution is -2.25. The molecule has 1 aliphatic heterocycles. The largest absolute Gasteiger partial charge is 0.300 e. The van der Waals surface area contributed by atoms with Gasteiger partial charge in [-0.15, -0.1) is 10.2 Å². The number of carbonyl (C=O) groups excluding carboxylic acids is 1. The first-order chi connectivity index (χ1) is 9.72. The zero-order valence-electron chi connectivity index (χ0n) is 11.3. The SMILES string of the molecule is CCSc1nnc(NC(=O)C(CC)SC2=NCCS2)s1. The van der Waals surface area contributed by atoms with Crippen LogP contribution in [0, 0.1) is 0 Å². The lowest BCUT2D eigenvalue weighted by molar-refractivity contribution is -0.115. The van der Waals surface area contributed by atoms with Crippen molar-refractivity contribution in [3.63, 3.8) is 0 Å². The van der Waals surface area contributed by atoms with Gasteiger partial charge in [0, 0.05) is 5.75 Å². The number of anilines is 1. The summed E-state index contributed by atoms with van der Waals surface area (Å²) in [5.41, 5.74) is 0. The van der Waals surface area contributed by atoms with Crippen molar-refractivity contribution >= 4 is 62.0 Å². The summed E-state index contributed by atoms with van der Waals surface area (Å²) in [4.78, 5) is 16.6. The van der Waals surface area contributed by atoms with Gasteiger partial charge in [0.15, 0.2) is 4.34 Å². The summed E-state index contributed by atoms with van der Waals surface area (Å²) in [5.74, 6) is 1.96. The molecular weight excluding hydrogens is 332 g/mol. The summed E-state index contributed by atoms with van der Waals surface area (Å²) < 4.78 is 1.91. The maximum absolute atomic E-state index is 12.2. The average Bonchev–Trinajstić information content (AvgIpc) is 3.08. The molecule has 0 spiro atoms. The Labute approximate surface area is 135 Å². The van der Waals surface area contributed by atoms with E-state index >= 15 is 0 Å². The normalized spacial score (nSPS) is 16.0. The van der Waals surface area contributed by atoms with Gasteiger partial charge in [0.1, 0.15) is 4.38 Å². The van der Waals surface area contributed by atoms with E-state index in [1.807, 2.05) is 6.92 Å². The van der Waals surface area contributed by atoms with Gasteiger partial charge in [-0.3, -0.25) is 15.1 Å². The van der Waals surface area contributed by atoms with Gasteiger partial charge < -0.3 is 0 Å². The summed E-state index contributed by atoms with van der Waals surface area (Å²) in [5, 5.41) is 11.3. The van der Waals surface area contributed by atoms with E-state index in [4.69, 9.17) is 0 Å². The number of amides is 1. The zero-order chi connectivity index (χ0) is 14.4. The Morgan fingerprint density at radius 2 is 2.30 bits per heavy atom. The van der Waals surface area contributed by atoms with Crippen LogP contribution in [0.1, 0.15) is 20.3 Å². The molecule has 0 aliphatic carbocycles.